The molecule has 0 amide bonds. The fourth-order valence-corrected chi connectivity index (χ4v) is 4.63. The van der Waals surface area contributed by atoms with Gasteiger partial charge in [0.25, 0.3) is 0 Å². The molecule has 0 fully saturated rings. The summed E-state index contributed by atoms with van der Waals surface area (Å²) in [4.78, 5) is 8.16. The van der Waals surface area contributed by atoms with Crippen LogP contribution in [0.15, 0.2) is 113 Å². The molecule has 2 N–H and O–H groups in total. The largest absolute Gasteiger partial charge is 0.504 e. The summed E-state index contributed by atoms with van der Waals surface area (Å²) in [6, 6.07) is 33.6. The van der Waals surface area contributed by atoms with Crippen LogP contribution in [0.3, 0.4) is 0 Å². The molecule has 0 radical (unpaired) electrons. The molecule has 182 valence electrons. The minimum Gasteiger partial charge on any atom is -0.504 e. The van der Waals surface area contributed by atoms with Crippen molar-refractivity contribution in [3.05, 3.63) is 113 Å². The molecule has 1 aliphatic heterocycles. The first-order valence-corrected chi connectivity index (χ1v) is 12.4. The lowest BCUT2D eigenvalue weighted by Crippen LogP contribution is -2.36. The highest BCUT2D eigenvalue weighted by Crippen LogP contribution is 2.43. The third-order valence-corrected chi connectivity index (χ3v) is 6.67. The lowest BCUT2D eigenvalue weighted by Gasteiger charge is -2.29. The molecule has 4 aromatic carbocycles. The molecule has 7 heteroatoms. The van der Waals surface area contributed by atoms with Crippen LogP contribution in [-0.2, 0) is 4.84 Å². The number of nitrogens with zero attached hydrogens (tertiary/aromatic N) is 2. The predicted molar refractivity (Wildman–Crippen MR) is 147 cm³/mol. The van der Waals surface area contributed by atoms with Gasteiger partial charge in [0.05, 0.1) is 13.0 Å². The van der Waals surface area contributed by atoms with Gasteiger partial charge >= 0.3 is 0 Å². The Morgan fingerprint density at radius 3 is 2.14 bits per heavy atom. The van der Waals surface area contributed by atoms with Gasteiger partial charge in [-0.05, 0) is 54.6 Å². The Kier molecular flexibility index (Phi) is 7.09. The first kappa shape index (κ1) is 23.8. The van der Waals surface area contributed by atoms with E-state index in [-0.39, 0.29) is 11.7 Å². The van der Waals surface area contributed by atoms with E-state index in [9.17, 15) is 5.11 Å². The van der Waals surface area contributed by atoms with Gasteiger partial charge in [-0.25, -0.2) is 0 Å². The molecule has 0 bridgehead atoms. The quantitative estimate of drug-likeness (QED) is 0.260. The van der Waals surface area contributed by atoms with Crippen LogP contribution in [0.5, 0.6) is 11.5 Å². The predicted octanol–water partition coefficient (Wildman–Crippen LogP) is 7.11. The standard InChI is InChI=1S/C29H26BrN3O3/c1-35-26-14-8-13-24(27(26)34)28-25(19-31-21-17-15-20(30)16-18-21)29(32-36-28)33(22-9-4-2-5-10-22)23-11-6-3-7-12-23/h2-18,25,28,31,34H,19H2,1H3. The SMILES string of the molecule is COc1cccc(C2ON=C(N(c3ccccc3)c3ccccc3)C2CNc2ccc(Br)cc2)c1O. The van der Waals surface area contributed by atoms with Crippen LogP contribution in [0.1, 0.15) is 11.7 Å². The van der Waals surface area contributed by atoms with E-state index < -0.39 is 6.10 Å². The van der Waals surface area contributed by atoms with Crippen LogP contribution >= 0.6 is 15.9 Å². The number of phenols is 1. The van der Waals surface area contributed by atoms with Crippen LogP contribution in [0, 0.1) is 5.92 Å². The van der Waals surface area contributed by atoms with E-state index in [4.69, 9.17) is 9.57 Å². The number of benzene rings is 4. The smallest absolute Gasteiger partial charge is 0.168 e. The molecule has 36 heavy (non-hydrogen) atoms. The highest BCUT2D eigenvalue weighted by Gasteiger charge is 2.41. The monoisotopic (exact) mass is 543 g/mol. The van der Waals surface area contributed by atoms with Crippen molar-refractivity contribution in [3.63, 3.8) is 0 Å². The Labute approximate surface area is 218 Å². The van der Waals surface area contributed by atoms with Gasteiger partial charge in [0, 0.05) is 33.6 Å². The fourth-order valence-electron chi connectivity index (χ4n) is 4.36. The number of para-hydroxylation sites is 3. The summed E-state index contributed by atoms with van der Waals surface area (Å²) < 4.78 is 6.37. The average molecular weight is 544 g/mol. The van der Waals surface area contributed by atoms with E-state index in [1.54, 1.807) is 6.07 Å². The summed E-state index contributed by atoms with van der Waals surface area (Å²) in [7, 11) is 1.54. The summed E-state index contributed by atoms with van der Waals surface area (Å²) in [5, 5.41) is 19.1. The summed E-state index contributed by atoms with van der Waals surface area (Å²) in [6.45, 7) is 0.526. The number of amidine groups is 1. The third kappa shape index (κ3) is 4.88. The Hall–Kier alpha value is -3.97. The van der Waals surface area contributed by atoms with Gasteiger partial charge in [-0.3, -0.25) is 4.90 Å². The maximum Gasteiger partial charge on any atom is 0.168 e. The highest BCUT2D eigenvalue weighted by atomic mass is 79.9. The Bertz CT molecular complexity index is 1290. The molecule has 0 saturated heterocycles. The number of rotatable bonds is 7. The molecule has 1 aliphatic rings. The number of methoxy groups -OCH3 is 1. The van der Waals surface area contributed by atoms with Crippen molar-refractivity contribution in [3.8, 4) is 11.5 Å². The molecular weight excluding hydrogens is 518 g/mol. The molecule has 0 aromatic heterocycles. The first-order chi connectivity index (χ1) is 17.7. The summed E-state index contributed by atoms with van der Waals surface area (Å²) >= 11 is 3.49. The molecule has 6 nitrogen and oxygen atoms in total. The second-order valence-electron chi connectivity index (χ2n) is 8.37. The fraction of sp³-hybridized carbons (Fsp3) is 0.138. The maximum absolute atomic E-state index is 10.9. The van der Waals surface area contributed by atoms with Crippen molar-refractivity contribution in [1.82, 2.24) is 0 Å². The number of phenolic OH excluding ortho intramolecular Hbond substituents is 1. The van der Waals surface area contributed by atoms with Gasteiger partial charge < -0.3 is 20.0 Å². The van der Waals surface area contributed by atoms with Crippen molar-refractivity contribution in [1.29, 1.82) is 0 Å². The minimum atomic E-state index is -0.520. The van der Waals surface area contributed by atoms with Gasteiger partial charge in [0.15, 0.2) is 23.4 Å². The van der Waals surface area contributed by atoms with Crippen molar-refractivity contribution >= 4 is 38.8 Å². The summed E-state index contributed by atoms with van der Waals surface area (Å²) in [6.07, 6.45) is -0.520. The van der Waals surface area contributed by atoms with Crippen molar-refractivity contribution in [2.24, 2.45) is 11.1 Å². The maximum atomic E-state index is 10.9. The number of hydrogen-bond donors (Lipinski definition) is 2. The topological polar surface area (TPSA) is 66.3 Å². The van der Waals surface area contributed by atoms with E-state index in [1.165, 1.54) is 7.11 Å². The number of nitrogens with one attached hydrogen (secondary N) is 1. The summed E-state index contributed by atoms with van der Waals surface area (Å²) in [5.74, 6) is 0.963. The van der Waals surface area contributed by atoms with Crippen LogP contribution in [0.4, 0.5) is 17.1 Å². The van der Waals surface area contributed by atoms with E-state index in [0.717, 1.165) is 27.4 Å². The second kappa shape index (κ2) is 10.7. The van der Waals surface area contributed by atoms with Crippen molar-refractivity contribution in [2.75, 3.05) is 23.9 Å². The average Bonchev–Trinajstić information content (AvgIpc) is 3.33. The first-order valence-electron chi connectivity index (χ1n) is 11.6. The zero-order valence-corrected chi connectivity index (χ0v) is 21.3. The van der Waals surface area contributed by atoms with Gasteiger partial charge in [0.2, 0.25) is 0 Å². The molecule has 0 saturated carbocycles. The molecule has 0 aliphatic carbocycles. The molecule has 2 atom stereocenters. The Morgan fingerprint density at radius 2 is 1.53 bits per heavy atom. The number of halogens is 1. The van der Waals surface area contributed by atoms with E-state index in [2.05, 4.69) is 31.3 Å². The van der Waals surface area contributed by atoms with E-state index in [0.29, 0.717) is 17.9 Å². The number of aromatic hydroxyl groups is 1. The molecule has 2 unspecified atom stereocenters. The van der Waals surface area contributed by atoms with Gasteiger partial charge in [0.1, 0.15) is 0 Å². The zero-order chi connectivity index (χ0) is 24.9. The van der Waals surface area contributed by atoms with Gasteiger partial charge in [-0.1, -0.05) is 69.6 Å². The lowest BCUT2D eigenvalue weighted by molar-refractivity contribution is 0.0619. The Morgan fingerprint density at radius 1 is 0.889 bits per heavy atom. The summed E-state index contributed by atoms with van der Waals surface area (Å²) in [5.41, 5.74) is 3.53. The van der Waals surface area contributed by atoms with E-state index >= 15 is 0 Å². The number of anilines is 3. The van der Waals surface area contributed by atoms with Crippen LogP contribution in [0.2, 0.25) is 0 Å². The number of oxime groups is 1. The molecule has 0 spiro atoms. The minimum absolute atomic E-state index is 0.0565. The van der Waals surface area contributed by atoms with Gasteiger partial charge in [-0.2, -0.15) is 0 Å². The highest BCUT2D eigenvalue weighted by molar-refractivity contribution is 9.10. The second-order valence-corrected chi connectivity index (χ2v) is 9.29. The zero-order valence-electron chi connectivity index (χ0n) is 19.7. The van der Waals surface area contributed by atoms with Crippen molar-refractivity contribution in [2.45, 2.75) is 6.10 Å². The molecule has 4 aromatic rings. The van der Waals surface area contributed by atoms with Crippen molar-refractivity contribution < 1.29 is 14.7 Å². The molecular formula is C29H26BrN3O3. The molecule has 5 rings (SSSR count). The number of ether oxygens (including phenoxy) is 1. The third-order valence-electron chi connectivity index (χ3n) is 6.14. The lowest BCUT2D eigenvalue weighted by atomic mass is 9.92. The van der Waals surface area contributed by atoms with Crippen LogP contribution in [-0.4, -0.2) is 24.6 Å². The van der Waals surface area contributed by atoms with E-state index in [1.807, 2.05) is 97.1 Å². The Balaban J connectivity index is 1.55. The number of hydrogen-bond acceptors (Lipinski definition) is 6. The molecule has 1 heterocycles. The van der Waals surface area contributed by atoms with Gasteiger partial charge in [-0.15, -0.1) is 0 Å². The van der Waals surface area contributed by atoms with Crippen LogP contribution < -0.4 is 15.0 Å². The van der Waals surface area contributed by atoms with Crippen LogP contribution in [0.25, 0.3) is 0 Å². The normalized spacial score (nSPS) is 16.7.